The van der Waals surface area contributed by atoms with Crippen molar-refractivity contribution in [1.82, 2.24) is 15.5 Å². The van der Waals surface area contributed by atoms with Gasteiger partial charge in [-0.3, -0.25) is 4.79 Å². The Kier molecular flexibility index (Phi) is 6.94. The number of rotatable bonds is 8. The molecule has 0 aliphatic heterocycles. The first kappa shape index (κ1) is 20.6. The third kappa shape index (κ3) is 4.66. The van der Waals surface area contributed by atoms with Gasteiger partial charge in [0.25, 0.3) is 0 Å². The van der Waals surface area contributed by atoms with Crippen LogP contribution < -0.4 is 10.6 Å². The van der Waals surface area contributed by atoms with Gasteiger partial charge in [0.05, 0.1) is 6.10 Å². The van der Waals surface area contributed by atoms with Crippen LogP contribution in [-0.2, 0) is 16.0 Å². The van der Waals surface area contributed by atoms with Gasteiger partial charge < -0.3 is 20.3 Å². The molecule has 28 heavy (non-hydrogen) atoms. The quantitative estimate of drug-likeness (QED) is 0.531. The van der Waals surface area contributed by atoms with E-state index in [-0.39, 0.29) is 17.9 Å². The van der Waals surface area contributed by atoms with Gasteiger partial charge in [-0.1, -0.05) is 36.8 Å². The van der Waals surface area contributed by atoms with Gasteiger partial charge in [0.15, 0.2) is 5.96 Å². The number of carbonyl (C=O) groups excluding carboxylic acids is 1. The lowest BCUT2D eigenvalue weighted by atomic mass is 9.51. The monoisotopic (exact) mass is 386 g/mol. The normalized spacial score (nSPS) is 22.9. The van der Waals surface area contributed by atoms with Crippen LogP contribution in [0.3, 0.4) is 0 Å². The summed E-state index contributed by atoms with van der Waals surface area (Å²) in [5.41, 5.74) is 1.54. The molecule has 6 nitrogen and oxygen atoms in total. The second kappa shape index (κ2) is 9.41. The second-order valence-electron chi connectivity index (χ2n) is 8.08. The Morgan fingerprint density at radius 1 is 1.29 bits per heavy atom. The van der Waals surface area contributed by atoms with Gasteiger partial charge in [0.1, 0.15) is 6.54 Å². The van der Waals surface area contributed by atoms with Gasteiger partial charge in [-0.05, 0) is 38.2 Å². The SMILES string of the molecule is CCOC1CC(NC(=NCC(=O)N(C)C)NCCc2ccccc2)C12CCC2. The molecule has 0 heterocycles. The molecule has 2 saturated carbocycles. The number of ether oxygens (including phenoxy) is 1. The fourth-order valence-corrected chi connectivity index (χ4v) is 4.22. The third-order valence-electron chi connectivity index (χ3n) is 6.17. The summed E-state index contributed by atoms with van der Waals surface area (Å²) in [7, 11) is 3.52. The number of nitrogens with one attached hydrogen (secondary N) is 2. The Balaban J connectivity index is 1.59. The van der Waals surface area contributed by atoms with E-state index in [0.717, 1.165) is 32.0 Å². The average molecular weight is 387 g/mol. The molecule has 1 amide bonds. The molecule has 154 valence electrons. The Morgan fingerprint density at radius 3 is 2.64 bits per heavy atom. The van der Waals surface area contributed by atoms with E-state index in [0.29, 0.717) is 12.1 Å². The zero-order valence-corrected chi connectivity index (χ0v) is 17.4. The Bertz CT molecular complexity index is 670. The summed E-state index contributed by atoms with van der Waals surface area (Å²) in [4.78, 5) is 18.1. The summed E-state index contributed by atoms with van der Waals surface area (Å²) in [6.45, 7) is 3.77. The van der Waals surface area contributed by atoms with Gasteiger partial charge in [-0.15, -0.1) is 0 Å². The number of guanidine groups is 1. The zero-order chi connectivity index (χ0) is 20.0. The predicted octanol–water partition coefficient (Wildman–Crippen LogP) is 2.20. The van der Waals surface area contributed by atoms with Crippen LogP contribution in [-0.4, -0.2) is 62.7 Å². The maximum Gasteiger partial charge on any atom is 0.243 e. The molecule has 2 atom stereocenters. The summed E-state index contributed by atoms with van der Waals surface area (Å²) in [5, 5.41) is 7.03. The highest BCUT2D eigenvalue weighted by atomic mass is 16.5. The fraction of sp³-hybridized carbons (Fsp3) is 0.636. The van der Waals surface area contributed by atoms with Crippen molar-refractivity contribution < 1.29 is 9.53 Å². The minimum Gasteiger partial charge on any atom is -0.378 e. The molecule has 2 N–H and O–H groups in total. The Labute approximate surface area is 168 Å². The number of nitrogens with zero attached hydrogens (tertiary/aromatic N) is 2. The smallest absolute Gasteiger partial charge is 0.243 e. The highest BCUT2D eigenvalue weighted by Crippen LogP contribution is 2.57. The van der Waals surface area contributed by atoms with Gasteiger partial charge in [-0.2, -0.15) is 0 Å². The zero-order valence-electron chi connectivity index (χ0n) is 17.4. The molecule has 2 unspecified atom stereocenters. The first-order valence-electron chi connectivity index (χ1n) is 10.5. The van der Waals surface area contributed by atoms with Gasteiger partial charge in [0, 0.05) is 38.7 Å². The van der Waals surface area contributed by atoms with E-state index in [1.807, 2.05) is 6.07 Å². The average Bonchev–Trinajstić information content (AvgIpc) is 2.63. The number of likely N-dealkylation sites (N-methyl/N-ethyl adjacent to an activating group) is 1. The number of aliphatic imine (C=N–C) groups is 1. The minimum atomic E-state index is 0.00307. The standard InChI is InChI=1S/C22H34N4O2/c1-4-28-19-15-18(22(19)12-8-13-22)25-21(24-16-20(27)26(2)3)23-14-11-17-9-6-5-7-10-17/h5-7,9-10,18-19H,4,8,11-16H2,1-3H3,(H2,23,24,25). The van der Waals surface area contributed by atoms with Crippen molar-refractivity contribution >= 4 is 11.9 Å². The number of hydrogen-bond donors (Lipinski definition) is 2. The third-order valence-corrected chi connectivity index (χ3v) is 6.17. The van der Waals surface area contributed by atoms with Crippen LogP contribution in [0, 0.1) is 5.41 Å². The van der Waals surface area contributed by atoms with Crippen molar-refractivity contribution in [2.45, 2.75) is 51.2 Å². The van der Waals surface area contributed by atoms with Crippen molar-refractivity contribution in [3.63, 3.8) is 0 Å². The van der Waals surface area contributed by atoms with E-state index in [1.54, 1.807) is 19.0 Å². The molecule has 0 aromatic heterocycles. The van der Waals surface area contributed by atoms with E-state index in [9.17, 15) is 4.79 Å². The first-order chi connectivity index (χ1) is 13.5. The number of benzene rings is 1. The Hall–Kier alpha value is -2.08. The highest BCUT2D eigenvalue weighted by molar-refractivity contribution is 5.85. The molecule has 1 spiro atoms. The summed E-state index contributed by atoms with van der Waals surface area (Å²) < 4.78 is 5.95. The lowest BCUT2D eigenvalue weighted by Gasteiger charge is -2.61. The van der Waals surface area contributed by atoms with Crippen LogP contribution in [0.4, 0.5) is 0 Å². The fourth-order valence-electron chi connectivity index (χ4n) is 4.22. The maximum atomic E-state index is 12.0. The minimum absolute atomic E-state index is 0.00307. The number of amides is 1. The Morgan fingerprint density at radius 2 is 2.04 bits per heavy atom. The topological polar surface area (TPSA) is 66.0 Å². The first-order valence-corrected chi connectivity index (χ1v) is 10.5. The maximum absolute atomic E-state index is 12.0. The van der Waals surface area contributed by atoms with Crippen LogP contribution in [0.25, 0.3) is 0 Å². The number of hydrogen-bond acceptors (Lipinski definition) is 3. The second-order valence-corrected chi connectivity index (χ2v) is 8.08. The van der Waals surface area contributed by atoms with Crippen LogP contribution >= 0.6 is 0 Å². The van der Waals surface area contributed by atoms with Crippen molar-refractivity contribution in [3.05, 3.63) is 35.9 Å². The van der Waals surface area contributed by atoms with Crippen molar-refractivity contribution in [2.24, 2.45) is 10.4 Å². The van der Waals surface area contributed by atoms with E-state index in [4.69, 9.17) is 4.74 Å². The van der Waals surface area contributed by atoms with E-state index in [1.165, 1.54) is 24.8 Å². The van der Waals surface area contributed by atoms with Crippen LogP contribution in [0.1, 0.15) is 38.2 Å². The lowest BCUT2D eigenvalue weighted by molar-refractivity contribution is -0.168. The molecule has 0 radical (unpaired) electrons. The molecule has 1 aromatic rings. The molecule has 2 aliphatic carbocycles. The molecule has 6 heteroatoms. The molecular formula is C22H34N4O2. The predicted molar refractivity (Wildman–Crippen MR) is 112 cm³/mol. The number of carbonyl (C=O) groups is 1. The van der Waals surface area contributed by atoms with E-state index >= 15 is 0 Å². The van der Waals surface area contributed by atoms with Crippen molar-refractivity contribution in [2.75, 3.05) is 33.8 Å². The van der Waals surface area contributed by atoms with E-state index in [2.05, 4.69) is 46.8 Å². The summed E-state index contributed by atoms with van der Waals surface area (Å²) >= 11 is 0. The lowest BCUT2D eigenvalue weighted by Crippen LogP contribution is -2.68. The van der Waals surface area contributed by atoms with Crippen molar-refractivity contribution in [3.8, 4) is 0 Å². The molecule has 3 rings (SSSR count). The van der Waals surface area contributed by atoms with E-state index < -0.39 is 0 Å². The van der Waals surface area contributed by atoms with Crippen LogP contribution in [0.15, 0.2) is 35.3 Å². The molecule has 2 fully saturated rings. The molecule has 0 bridgehead atoms. The summed E-state index contributed by atoms with van der Waals surface area (Å²) in [6.07, 6.45) is 5.98. The van der Waals surface area contributed by atoms with Crippen molar-refractivity contribution in [1.29, 1.82) is 0 Å². The molecular weight excluding hydrogens is 352 g/mol. The van der Waals surface area contributed by atoms with Gasteiger partial charge in [-0.25, -0.2) is 4.99 Å². The van der Waals surface area contributed by atoms with Crippen LogP contribution in [0.2, 0.25) is 0 Å². The van der Waals surface area contributed by atoms with Gasteiger partial charge >= 0.3 is 0 Å². The van der Waals surface area contributed by atoms with Gasteiger partial charge in [0.2, 0.25) is 5.91 Å². The highest BCUT2D eigenvalue weighted by Gasteiger charge is 2.59. The molecule has 1 aromatic carbocycles. The molecule has 2 aliphatic rings. The molecule has 0 saturated heterocycles. The van der Waals surface area contributed by atoms with Crippen LogP contribution in [0.5, 0.6) is 0 Å². The largest absolute Gasteiger partial charge is 0.378 e. The summed E-state index contributed by atoms with van der Waals surface area (Å²) in [6, 6.07) is 10.8. The summed E-state index contributed by atoms with van der Waals surface area (Å²) in [5.74, 6) is 0.737.